The second-order valence-corrected chi connectivity index (χ2v) is 8.37. The molecule has 1 unspecified atom stereocenters. The van der Waals surface area contributed by atoms with Crippen molar-refractivity contribution >= 4 is 23.1 Å². The van der Waals surface area contributed by atoms with Crippen LogP contribution in [0.3, 0.4) is 0 Å². The Morgan fingerprint density at radius 3 is 2.05 bits per heavy atom. The Kier molecular flexibility index (Phi) is 7.38. The molecule has 0 bridgehead atoms. The zero-order valence-corrected chi connectivity index (χ0v) is 21.4. The van der Waals surface area contributed by atoms with Crippen LogP contribution in [-0.2, 0) is 16.0 Å². The number of carbonyl (C=O) groups is 2. The molecule has 0 aromatic heterocycles. The largest absolute Gasteiger partial charge is 0.507 e. The van der Waals surface area contributed by atoms with E-state index in [9.17, 15) is 14.7 Å². The fourth-order valence-corrected chi connectivity index (χ4v) is 4.47. The number of aliphatic hydroxyl groups is 1. The molecule has 1 aliphatic rings. The van der Waals surface area contributed by atoms with Gasteiger partial charge < -0.3 is 24.1 Å². The molecule has 1 N–H and O–H groups in total. The Morgan fingerprint density at radius 2 is 1.46 bits per heavy atom. The minimum Gasteiger partial charge on any atom is -0.507 e. The standard InChI is InChI=1S/C29H29NO7/c1-6-17-7-9-18(10-8-17)26-25(27(31)21-16-20(34-2)12-14-22(21)35-3)28(32)29(33)30(26)19-11-13-23(36-4)24(15-19)37-5/h7-16,26,31H,6H2,1-5H3/b27-25+. The van der Waals surface area contributed by atoms with E-state index in [1.165, 1.54) is 33.3 Å². The summed E-state index contributed by atoms with van der Waals surface area (Å²) in [5.74, 6) is -0.288. The molecule has 3 aromatic rings. The number of hydrogen-bond acceptors (Lipinski definition) is 7. The minimum atomic E-state index is -0.903. The summed E-state index contributed by atoms with van der Waals surface area (Å²) in [7, 11) is 5.96. The van der Waals surface area contributed by atoms with Crippen LogP contribution in [0.2, 0.25) is 0 Å². The summed E-state index contributed by atoms with van der Waals surface area (Å²) in [6, 6.07) is 16.5. The molecule has 8 nitrogen and oxygen atoms in total. The lowest BCUT2D eigenvalue weighted by Crippen LogP contribution is -2.29. The van der Waals surface area contributed by atoms with Gasteiger partial charge >= 0.3 is 0 Å². The summed E-state index contributed by atoms with van der Waals surface area (Å²) in [6.07, 6.45) is 0.831. The highest BCUT2D eigenvalue weighted by Gasteiger charge is 2.47. The summed E-state index contributed by atoms with van der Waals surface area (Å²) in [5.41, 5.74) is 2.36. The summed E-state index contributed by atoms with van der Waals surface area (Å²) in [6.45, 7) is 2.04. The maximum absolute atomic E-state index is 13.5. The number of anilines is 1. The highest BCUT2D eigenvalue weighted by Crippen LogP contribution is 2.45. The van der Waals surface area contributed by atoms with Gasteiger partial charge in [-0.25, -0.2) is 0 Å². The first-order valence-electron chi connectivity index (χ1n) is 11.7. The van der Waals surface area contributed by atoms with Crippen molar-refractivity contribution in [1.29, 1.82) is 0 Å². The quantitative estimate of drug-likeness (QED) is 0.265. The van der Waals surface area contributed by atoms with Gasteiger partial charge in [0.2, 0.25) is 0 Å². The van der Waals surface area contributed by atoms with E-state index in [0.717, 1.165) is 12.0 Å². The van der Waals surface area contributed by atoms with Gasteiger partial charge in [0.05, 0.1) is 45.6 Å². The van der Waals surface area contributed by atoms with Crippen LogP contribution in [0.1, 0.15) is 29.7 Å². The van der Waals surface area contributed by atoms with Crippen LogP contribution in [-0.4, -0.2) is 45.2 Å². The highest BCUT2D eigenvalue weighted by atomic mass is 16.5. The maximum Gasteiger partial charge on any atom is 0.300 e. The average Bonchev–Trinajstić information content (AvgIpc) is 3.21. The molecule has 1 heterocycles. The molecule has 37 heavy (non-hydrogen) atoms. The highest BCUT2D eigenvalue weighted by molar-refractivity contribution is 6.51. The number of rotatable bonds is 8. The van der Waals surface area contributed by atoms with Gasteiger partial charge in [-0.1, -0.05) is 31.2 Å². The number of hydrogen-bond donors (Lipinski definition) is 1. The van der Waals surface area contributed by atoms with Crippen molar-refractivity contribution in [1.82, 2.24) is 0 Å². The summed E-state index contributed by atoms with van der Waals surface area (Å²) in [5, 5.41) is 11.5. The van der Waals surface area contributed by atoms with E-state index in [-0.39, 0.29) is 16.9 Å². The van der Waals surface area contributed by atoms with Gasteiger partial charge in [0.1, 0.15) is 17.3 Å². The third-order valence-corrected chi connectivity index (χ3v) is 6.46. The van der Waals surface area contributed by atoms with E-state index in [1.54, 1.807) is 36.4 Å². The van der Waals surface area contributed by atoms with Gasteiger partial charge in [-0.05, 0) is 47.9 Å². The zero-order chi connectivity index (χ0) is 26.7. The minimum absolute atomic E-state index is 0.0596. The van der Waals surface area contributed by atoms with E-state index in [1.807, 2.05) is 31.2 Å². The van der Waals surface area contributed by atoms with Crippen LogP contribution in [0.5, 0.6) is 23.0 Å². The van der Waals surface area contributed by atoms with Crippen LogP contribution < -0.4 is 23.8 Å². The van der Waals surface area contributed by atoms with E-state index >= 15 is 0 Å². The number of ketones is 1. The van der Waals surface area contributed by atoms with Crippen LogP contribution in [0.4, 0.5) is 5.69 Å². The number of ether oxygens (including phenoxy) is 4. The van der Waals surface area contributed by atoms with Crippen molar-refractivity contribution in [3.63, 3.8) is 0 Å². The van der Waals surface area contributed by atoms with Crippen LogP contribution in [0, 0.1) is 0 Å². The first-order valence-corrected chi connectivity index (χ1v) is 11.7. The van der Waals surface area contributed by atoms with E-state index in [4.69, 9.17) is 18.9 Å². The third-order valence-electron chi connectivity index (χ3n) is 6.46. The van der Waals surface area contributed by atoms with Gasteiger partial charge in [-0.2, -0.15) is 0 Å². The molecule has 0 saturated carbocycles. The second kappa shape index (κ2) is 10.7. The first kappa shape index (κ1) is 25.6. The smallest absolute Gasteiger partial charge is 0.300 e. The molecular formula is C29H29NO7. The number of carbonyl (C=O) groups excluding carboxylic acids is 2. The zero-order valence-electron chi connectivity index (χ0n) is 21.4. The number of aryl methyl sites for hydroxylation is 1. The molecule has 0 aliphatic carbocycles. The van der Waals surface area contributed by atoms with Crippen molar-refractivity contribution in [2.24, 2.45) is 0 Å². The van der Waals surface area contributed by atoms with Crippen molar-refractivity contribution < 1.29 is 33.6 Å². The fourth-order valence-electron chi connectivity index (χ4n) is 4.47. The monoisotopic (exact) mass is 503 g/mol. The van der Waals surface area contributed by atoms with Crippen molar-refractivity contribution in [2.75, 3.05) is 33.3 Å². The molecule has 1 aliphatic heterocycles. The van der Waals surface area contributed by atoms with Crippen molar-refractivity contribution in [2.45, 2.75) is 19.4 Å². The molecule has 1 saturated heterocycles. The normalized spacial score (nSPS) is 16.6. The fraction of sp³-hybridized carbons (Fsp3) is 0.241. The predicted octanol–water partition coefficient (Wildman–Crippen LogP) is 4.91. The number of methoxy groups -OCH3 is 4. The molecule has 1 atom stereocenters. The predicted molar refractivity (Wildman–Crippen MR) is 140 cm³/mol. The molecule has 4 rings (SSSR count). The molecule has 0 spiro atoms. The molecular weight excluding hydrogens is 474 g/mol. The van der Waals surface area contributed by atoms with Gasteiger partial charge in [0.15, 0.2) is 11.5 Å². The number of Topliss-reactive ketones (excluding diaryl/α,β-unsaturated/α-hetero) is 1. The Balaban J connectivity index is 1.98. The average molecular weight is 504 g/mol. The van der Waals surface area contributed by atoms with E-state index < -0.39 is 17.7 Å². The Bertz CT molecular complexity index is 1360. The third kappa shape index (κ3) is 4.58. The topological polar surface area (TPSA) is 94.5 Å². The van der Waals surface area contributed by atoms with Gasteiger partial charge in [-0.15, -0.1) is 0 Å². The molecule has 192 valence electrons. The lowest BCUT2D eigenvalue weighted by Gasteiger charge is -2.26. The molecule has 1 amide bonds. The Labute approximate surface area is 215 Å². The van der Waals surface area contributed by atoms with E-state index in [0.29, 0.717) is 34.2 Å². The van der Waals surface area contributed by atoms with E-state index in [2.05, 4.69) is 0 Å². The Hall–Kier alpha value is -4.46. The van der Waals surface area contributed by atoms with Crippen molar-refractivity contribution in [3.05, 3.63) is 82.9 Å². The molecule has 0 radical (unpaired) electrons. The maximum atomic E-state index is 13.5. The van der Waals surface area contributed by atoms with Gasteiger partial charge in [0.25, 0.3) is 11.7 Å². The van der Waals surface area contributed by atoms with Gasteiger partial charge in [-0.3, -0.25) is 14.5 Å². The lowest BCUT2D eigenvalue weighted by molar-refractivity contribution is -0.132. The second-order valence-electron chi connectivity index (χ2n) is 8.37. The summed E-state index contributed by atoms with van der Waals surface area (Å²) in [4.78, 5) is 28.4. The van der Waals surface area contributed by atoms with Crippen molar-refractivity contribution in [3.8, 4) is 23.0 Å². The molecule has 1 fully saturated rings. The van der Waals surface area contributed by atoms with Crippen LogP contribution in [0.15, 0.2) is 66.2 Å². The lowest BCUT2D eigenvalue weighted by atomic mass is 9.94. The van der Waals surface area contributed by atoms with Gasteiger partial charge in [0, 0.05) is 11.8 Å². The summed E-state index contributed by atoms with van der Waals surface area (Å²) >= 11 is 0. The number of amides is 1. The SMILES string of the molecule is CCc1ccc(C2/C(=C(\O)c3cc(OC)ccc3OC)C(=O)C(=O)N2c2ccc(OC)c(OC)c2)cc1. The number of aliphatic hydroxyl groups excluding tert-OH is 1. The molecule has 3 aromatic carbocycles. The van der Waals surface area contributed by atoms with Crippen LogP contribution in [0.25, 0.3) is 5.76 Å². The molecule has 8 heteroatoms. The number of nitrogens with zero attached hydrogens (tertiary/aromatic N) is 1. The van der Waals surface area contributed by atoms with Crippen LogP contribution >= 0.6 is 0 Å². The number of benzene rings is 3. The summed E-state index contributed by atoms with van der Waals surface area (Å²) < 4.78 is 21.5. The first-order chi connectivity index (χ1) is 17.9. The Morgan fingerprint density at radius 1 is 0.811 bits per heavy atom.